The average molecular weight is 417 g/mol. The van der Waals surface area contributed by atoms with E-state index in [0.29, 0.717) is 24.2 Å². The lowest BCUT2D eigenvalue weighted by Gasteiger charge is -2.28. The largest absolute Gasteiger partial charge is 0.326 e. The Balaban J connectivity index is 1.38. The zero-order valence-corrected chi connectivity index (χ0v) is 17.3. The summed E-state index contributed by atoms with van der Waals surface area (Å²) < 4.78 is 1.85. The molecule has 3 aromatic rings. The Hall–Kier alpha value is -3.52. The molecule has 0 saturated carbocycles. The van der Waals surface area contributed by atoms with Gasteiger partial charge in [-0.25, -0.2) is 0 Å². The molecule has 158 valence electrons. The summed E-state index contributed by atoms with van der Waals surface area (Å²) in [5.41, 5.74) is 4.70. The van der Waals surface area contributed by atoms with E-state index in [1.54, 1.807) is 30.3 Å². The second-order valence-corrected chi connectivity index (χ2v) is 7.99. The van der Waals surface area contributed by atoms with Crippen LogP contribution in [0.1, 0.15) is 50.2 Å². The van der Waals surface area contributed by atoms with E-state index in [4.69, 9.17) is 0 Å². The zero-order chi connectivity index (χ0) is 21.5. The van der Waals surface area contributed by atoms with E-state index < -0.39 is 0 Å². The van der Waals surface area contributed by atoms with Gasteiger partial charge in [-0.3, -0.25) is 28.9 Å². The predicted octanol–water partition coefficient (Wildman–Crippen LogP) is 1.95. The van der Waals surface area contributed by atoms with Gasteiger partial charge in [0.15, 0.2) is 0 Å². The molecule has 8 heteroatoms. The number of nitrogens with one attached hydrogen (secondary N) is 1. The van der Waals surface area contributed by atoms with Gasteiger partial charge in [0.05, 0.1) is 23.4 Å². The monoisotopic (exact) mass is 417 g/mol. The molecule has 0 saturated heterocycles. The molecular weight excluding hydrogens is 394 g/mol. The lowest BCUT2D eigenvalue weighted by Crippen LogP contribution is -2.33. The number of aromatic amines is 1. The number of hydrogen-bond donors (Lipinski definition) is 1. The Morgan fingerprint density at radius 3 is 2.45 bits per heavy atom. The molecule has 0 fully saturated rings. The summed E-state index contributed by atoms with van der Waals surface area (Å²) in [6, 6.07) is 10.4. The molecule has 2 amide bonds. The molecule has 31 heavy (non-hydrogen) atoms. The maximum absolute atomic E-state index is 12.8. The van der Waals surface area contributed by atoms with Crippen LogP contribution in [0.15, 0.2) is 47.4 Å². The van der Waals surface area contributed by atoms with Crippen molar-refractivity contribution in [3.8, 4) is 0 Å². The summed E-state index contributed by atoms with van der Waals surface area (Å²) in [4.78, 5) is 43.6. The zero-order valence-electron chi connectivity index (χ0n) is 17.3. The van der Waals surface area contributed by atoms with Gasteiger partial charge in [0, 0.05) is 56.1 Å². The quantitative estimate of drug-likeness (QED) is 0.641. The van der Waals surface area contributed by atoms with Crippen molar-refractivity contribution < 1.29 is 9.59 Å². The fourth-order valence-electron chi connectivity index (χ4n) is 4.35. The third-order valence-electron chi connectivity index (χ3n) is 6.00. The van der Waals surface area contributed by atoms with Gasteiger partial charge in [-0.05, 0) is 24.6 Å². The number of aromatic nitrogens is 3. The third-order valence-corrected chi connectivity index (χ3v) is 6.00. The highest BCUT2D eigenvalue weighted by Gasteiger charge is 2.36. The first kappa shape index (κ1) is 19.4. The molecule has 8 nitrogen and oxygen atoms in total. The molecule has 4 heterocycles. The lowest BCUT2D eigenvalue weighted by molar-refractivity contribution is 0.0639. The second kappa shape index (κ2) is 7.63. The predicted molar refractivity (Wildman–Crippen MR) is 113 cm³/mol. The number of amides is 2. The van der Waals surface area contributed by atoms with Crippen molar-refractivity contribution in [1.82, 2.24) is 24.6 Å². The second-order valence-electron chi connectivity index (χ2n) is 7.99. The number of rotatable bonds is 5. The fourth-order valence-corrected chi connectivity index (χ4v) is 4.35. The maximum Gasteiger partial charge on any atom is 0.261 e. The third kappa shape index (κ3) is 3.48. The summed E-state index contributed by atoms with van der Waals surface area (Å²) in [6.07, 6.45) is 2.77. The van der Waals surface area contributed by atoms with Crippen LogP contribution in [0.5, 0.6) is 0 Å². The van der Waals surface area contributed by atoms with Gasteiger partial charge in [0.2, 0.25) is 5.56 Å². The van der Waals surface area contributed by atoms with E-state index in [9.17, 15) is 14.4 Å². The van der Waals surface area contributed by atoms with E-state index in [-0.39, 0.29) is 23.9 Å². The number of carbonyl (C=O) groups excluding carboxylic acids is 2. The molecule has 1 N–H and O–H groups in total. The smallest absolute Gasteiger partial charge is 0.261 e. The normalized spacial score (nSPS) is 16.0. The molecule has 0 spiro atoms. The number of pyridine rings is 1. The van der Waals surface area contributed by atoms with Gasteiger partial charge in [-0.2, -0.15) is 5.10 Å². The Morgan fingerprint density at radius 2 is 1.74 bits per heavy atom. The van der Waals surface area contributed by atoms with Crippen molar-refractivity contribution in [2.45, 2.75) is 39.5 Å². The summed E-state index contributed by atoms with van der Waals surface area (Å²) in [6.45, 7) is 5.09. The van der Waals surface area contributed by atoms with Crippen LogP contribution in [0.25, 0.3) is 0 Å². The Labute approximate surface area is 179 Å². The highest BCUT2D eigenvalue weighted by atomic mass is 16.2. The van der Waals surface area contributed by atoms with E-state index in [2.05, 4.69) is 15.0 Å². The minimum absolute atomic E-state index is 0.0698. The van der Waals surface area contributed by atoms with Crippen LogP contribution in [0, 0.1) is 0 Å². The van der Waals surface area contributed by atoms with Crippen LogP contribution in [-0.2, 0) is 32.6 Å². The van der Waals surface area contributed by atoms with Crippen LogP contribution in [-0.4, -0.2) is 42.9 Å². The van der Waals surface area contributed by atoms with Crippen molar-refractivity contribution in [3.63, 3.8) is 0 Å². The number of imide groups is 1. The molecule has 1 aromatic carbocycles. The van der Waals surface area contributed by atoms with Gasteiger partial charge in [0.1, 0.15) is 0 Å². The van der Waals surface area contributed by atoms with E-state index >= 15 is 0 Å². The lowest BCUT2D eigenvalue weighted by atomic mass is 10.0. The Morgan fingerprint density at radius 1 is 1.00 bits per heavy atom. The molecule has 2 aliphatic rings. The van der Waals surface area contributed by atoms with Gasteiger partial charge in [0.25, 0.3) is 11.8 Å². The number of aryl methyl sites for hydroxylation is 1. The summed E-state index contributed by atoms with van der Waals surface area (Å²) in [7, 11) is 0. The first-order valence-corrected chi connectivity index (χ1v) is 10.5. The average Bonchev–Trinajstić information content (AvgIpc) is 3.28. The van der Waals surface area contributed by atoms with Crippen molar-refractivity contribution in [2.24, 2.45) is 0 Å². The standard InChI is InChI=1S/C23H23N5O3/c1-2-27-13-16(12-26-10-9-19-15(11-26)7-8-21(29)24-19)20(25-27)14-28-22(30)17-5-3-4-6-18(17)23(28)31/h3-8,13H,2,9-12,14H2,1H3,(H,24,29). The number of benzene rings is 1. The Bertz CT molecular complexity index is 1210. The van der Waals surface area contributed by atoms with E-state index in [0.717, 1.165) is 42.0 Å². The van der Waals surface area contributed by atoms with E-state index in [1.807, 2.05) is 23.9 Å². The van der Waals surface area contributed by atoms with Crippen LogP contribution < -0.4 is 5.56 Å². The number of hydrogen-bond acceptors (Lipinski definition) is 5. The molecule has 0 radical (unpaired) electrons. The van der Waals surface area contributed by atoms with Crippen LogP contribution >= 0.6 is 0 Å². The SMILES string of the molecule is CCn1cc(CN2CCc3[nH]c(=O)ccc3C2)c(CN2C(=O)c3ccccc3C2=O)n1. The van der Waals surface area contributed by atoms with Crippen molar-refractivity contribution in [3.05, 3.63) is 86.6 Å². The molecule has 0 bridgehead atoms. The van der Waals surface area contributed by atoms with Gasteiger partial charge >= 0.3 is 0 Å². The van der Waals surface area contributed by atoms with Crippen LogP contribution in [0.3, 0.4) is 0 Å². The summed E-state index contributed by atoms with van der Waals surface area (Å²) in [5, 5.41) is 4.64. The van der Waals surface area contributed by atoms with Crippen LogP contribution in [0.2, 0.25) is 0 Å². The highest BCUT2D eigenvalue weighted by molar-refractivity contribution is 6.21. The number of carbonyl (C=O) groups is 2. The maximum atomic E-state index is 12.8. The highest BCUT2D eigenvalue weighted by Crippen LogP contribution is 2.26. The number of H-pyrrole nitrogens is 1. The van der Waals surface area contributed by atoms with E-state index in [1.165, 1.54) is 4.90 Å². The van der Waals surface area contributed by atoms with Crippen molar-refractivity contribution in [1.29, 1.82) is 0 Å². The minimum atomic E-state index is -0.270. The molecule has 5 rings (SSSR count). The van der Waals surface area contributed by atoms with Gasteiger partial charge in [-0.1, -0.05) is 18.2 Å². The van der Waals surface area contributed by atoms with Gasteiger partial charge in [-0.15, -0.1) is 0 Å². The molecule has 0 unspecified atom stereocenters. The Kier molecular flexibility index (Phi) is 4.78. The van der Waals surface area contributed by atoms with Crippen LogP contribution in [0.4, 0.5) is 0 Å². The topological polar surface area (TPSA) is 91.3 Å². The van der Waals surface area contributed by atoms with Gasteiger partial charge < -0.3 is 4.98 Å². The first-order chi connectivity index (χ1) is 15.0. The summed E-state index contributed by atoms with van der Waals surface area (Å²) >= 11 is 0. The molecule has 0 atom stereocenters. The molecule has 2 aromatic heterocycles. The summed E-state index contributed by atoms with van der Waals surface area (Å²) in [5.74, 6) is -0.540. The molecule has 2 aliphatic heterocycles. The van der Waals surface area contributed by atoms with Crippen molar-refractivity contribution in [2.75, 3.05) is 6.54 Å². The minimum Gasteiger partial charge on any atom is -0.326 e. The number of nitrogens with zero attached hydrogens (tertiary/aromatic N) is 4. The first-order valence-electron chi connectivity index (χ1n) is 10.5. The fraction of sp³-hybridized carbons (Fsp3) is 0.304. The van der Waals surface area contributed by atoms with Crippen molar-refractivity contribution >= 4 is 11.8 Å². The molecule has 0 aliphatic carbocycles. The molecular formula is C23H23N5O3. The number of fused-ring (bicyclic) bond motifs is 2.